The van der Waals surface area contributed by atoms with Crippen molar-refractivity contribution in [3.63, 3.8) is 0 Å². The highest BCUT2D eigenvalue weighted by Crippen LogP contribution is 2.42. The maximum Gasteiger partial charge on any atom is 0.0705 e. The van der Waals surface area contributed by atoms with Crippen molar-refractivity contribution < 1.29 is 0 Å². The van der Waals surface area contributed by atoms with Crippen molar-refractivity contribution in [2.24, 2.45) is 0 Å². The molecule has 0 unspecified atom stereocenters. The minimum Gasteiger partial charge on any atom is -0.398 e. The summed E-state index contributed by atoms with van der Waals surface area (Å²) < 4.78 is 7.43. The molecule has 12 aromatic rings. The first-order valence-corrected chi connectivity index (χ1v) is 22.4. The quantitative estimate of drug-likeness (QED) is 0.132. The highest BCUT2D eigenvalue weighted by atomic mass is 15.0. The SMILES string of the molecule is Cc1ccc(-n2c3c(c4cc(-n5c6ccccc6c6ccccc65)ccc42)C=C(n2c4ccccc4c4ccccc42)CC3)cc1.N=C(c1ccccc1)c1ccc2ccccc2c1N. The summed E-state index contributed by atoms with van der Waals surface area (Å²) in [5, 5.41) is 16.9. The summed E-state index contributed by atoms with van der Waals surface area (Å²) in [7, 11) is 0. The molecule has 0 saturated carbocycles. The Kier molecular flexibility index (Phi) is 9.09. The molecule has 0 saturated heterocycles. The highest BCUT2D eigenvalue weighted by Gasteiger charge is 2.25. The van der Waals surface area contributed by atoms with Crippen LogP contribution >= 0.6 is 0 Å². The molecule has 3 aromatic heterocycles. The fourth-order valence-corrected chi connectivity index (χ4v) is 10.3. The normalized spacial score (nSPS) is 12.5. The summed E-state index contributed by atoms with van der Waals surface area (Å²) in [6.07, 6.45) is 4.41. The van der Waals surface area contributed by atoms with Crippen LogP contribution in [0.25, 0.3) is 88.4 Å². The van der Waals surface area contributed by atoms with Crippen molar-refractivity contribution in [1.82, 2.24) is 13.7 Å². The van der Waals surface area contributed by atoms with E-state index in [1.54, 1.807) is 0 Å². The molecule has 1 aliphatic rings. The van der Waals surface area contributed by atoms with Gasteiger partial charge in [0.25, 0.3) is 0 Å². The molecular weight excluding hydrogens is 791 g/mol. The van der Waals surface area contributed by atoms with Gasteiger partial charge in [-0.3, -0.25) is 5.41 Å². The molecular formula is C60H45N5. The Hall–Kier alpha value is -8.41. The summed E-state index contributed by atoms with van der Waals surface area (Å²) in [6, 6.07) is 72.8. The molecule has 0 aliphatic heterocycles. The van der Waals surface area contributed by atoms with Gasteiger partial charge >= 0.3 is 0 Å². The van der Waals surface area contributed by atoms with E-state index in [0.717, 1.165) is 34.7 Å². The van der Waals surface area contributed by atoms with Crippen LogP contribution in [0.1, 0.15) is 34.4 Å². The zero-order valence-electron chi connectivity index (χ0n) is 36.0. The zero-order chi connectivity index (χ0) is 43.6. The van der Waals surface area contributed by atoms with Crippen molar-refractivity contribution in [1.29, 1.82) is 5.41 Å². The first-order valence-electron chi connectivity index (χ1n) is 22.4. The standard InChI is InChI=1S/C43H31N3.C17H14N2/c1-28-18-20-29(21-19-28)44-42-24-22-30(45-38-14-6-2-10-32(38)33-11-3-7-15-39(33)45)26-36(42)37-27-31(23-25-43(37)44)46-40-16-8-4-12-34(40)35-13-5-9-17-41(35)46;18-16(13-7-2-1-3-8-13)15-11-10-12-6-4-5-9-14(12)17(15)19/h2-22,24,26-27H,23,25H2,1H3;1-11,18H,19H2. The van der Waals surface area contributed by atoms with Crippen LogP contribution in [0.3, 0.4) is 0 Å². The maximum absolute atomic E-state index is 8.31. The minimum atomic E-state index is 0.462. The van der Waals surface area contributed by atoms with Crippen molar-refractivity contribution in [2.75, 3.05) is 5.73 Å². The molecule has 0 bridgehead atoms. The second-order valence-electron chi connectivity index (χ2n) is 17.1. The van der Waals surface area contributed by atoms with Crippen LogP contribution in [0.2, 0.25) is 0 Å². The van der Waals surface area contributed by atoms with Gasteiger partial charge in [-0.25, -0.2) is 0 Å². The zero-order valence-corrected chi connectivity index (χ0v) is 36.0. The maximum atomic E-state index is 8.31. The Labute approximate surface area is 377 Å². The molecule has 0 radical (unpaired) electrons. The lowest BCUT2D eigenvalue weighted by Gasteiger charge is -2.20. The number of benzene rings is 9. The largest absolute Gasteiger partial charge is 0.398 e. The topological polar surface area (TPSA) is 64.7 Å². The van der Waals surface area contributed by atoms with E-state index in [1.165, 1.54) is 88.4 Å². The van der Waals surface area contributed by atoms with Gasteiger partial charge in [0.1, 0.15) is 0 Å². The highest BCUT2D eigenvalue weighted by molar-refractivity contribution is 6.17. The van der Waals surface area contributed by atoms with Gasteiger partial charge in [-0.1, -0.05) is 157 Å². The van der Waals surface area contributed by atoms with Gasteiger partial charge < -0.3 is 19.4 Å². The molecule has 0 amide bonds. The van der Waals surface area contributed by atoms with Crippen molar-refractivity contribution in [3.05, 3.63) is 234 Å². The first kappa shape index (κ1) is 38.3. The molecule has 5 nitrogen and oxygen atoms in total. The first-order chi connectivity index (χ1) is 32.0. The summed E-state index contributed by atoms with van der Waals surface area (Å²) >= 11 is 0. The molecule has 3 N–H and O–H groups in total. The fraction of sp³-hybridized carbons (Fsp3) is 0.0500. The predicted molar refractivity (Wildman–Crippen MR) is 275 cm³/mol. The van der Waals surface area contributed by atoms with Crippen LogP contribution in [0.4, 0.5) is 5.69 Å². The monoisotopic (exact) mass is 835 g/mol. The van der Waals surface area contributed by atoms with Crippen LogP contribution in [-0.2, 0) is 6.42 Å². The Bertz CT molecular complexity index is 3750. The van der Waals surface area contributed by atoms with E-state index < -0.39 is 0 Å². The van der Waals surface area contributed by atoms with Gasteiger partial charge in [0, 0.05) is 77.5 Å². The Morgan fingerprint density at radius 2 is 0.954 bits per heavy atom. The number of hydrogen-bond acceptors (Lipinski definition) is 2. The number of hydrogen-bond donors (Lipinski definition) is 2. The molecule has 0 spiro atoms. The molecule has 310 valence electrons. The van der Waals surface area contributed by atoms with Crippen LogP contribution < -0.4 is 5.73 Å². The number of anilines is 1. The van der Waals surface area contributed by atoms with E-state index in [1.807, 2.05) is 66.7 Å². The van der Waals surface area contributed by atoms with Gasteiger partial charge in [-0.05, 0) is 85.8 Å². The van der Waals surface area contributed by atoms with E-state index in [2.05, 4.69) is 166 Å². The average molecular weight is 836 g/mol. The number of fused-ring (bicyclic) bond motifs is 10. The average Bonchev–Trinajstić information content (AvgIpc) is 4.00. The lowest BCUT2D eigenvalue weighted by atomic mass is 9.97. The number of nitrogens with zero attached hydrogens (tertiary/aromatic N) is 3. The van der Waals surface area contributed by atoms with Gasteiger partial charge in [0.2, 0.25) is 0 Å². The summed E-state index contributed by atoms with van der Waals surface area (Å²) in [4.78, 5) is 0. The van der Waals surface area contributed by atoms with Crippen LogP contribution in [-0.4, -0.2) is 19.4 Å². The summed E-state index contributed by atoms with van der Waals surface area (Å²) in [5.41, 5.74) is 23.0. The Morgan fingerprint density at radius 1 is 0.446 bits per heavy atom. The third-order valence-corrected chi connectivity index (χ3v) is 13.3. The van der Waals surface area contributed by atoms with E-state index >= 15 is 0 Å². The van der Waals surface area contributed by atoms with Crippen LogP contribution in [0, 0.1) is 12.3 Å². The summed E-state index contributed by atoms with van der Waals surface area (Å²) in [6.45, 7) is 2.16. The molecule has 0 atom stereocenters. The van der Waals surface area contributed by atoms with Crippen molar-refractivity contribution >= 4 is 88.5 Å². The van der Waals surface area contributed by atoms with Crippen LogP contribution in [0.15, 0.2) is 206 Å². The smallest absolute Gasteiger partial charge is 0.0705 e. The summed E-state index contributed by atoms with van der Waals surface area (Å²) in [5.74, 6) is 0. The second-order valence-corrected chi connectivity index (χ2v) is 17.1. The Morgan fingerprint density at radius 3 is 1.57 bits per heavy atom. The van der Waals surface area contributed by atoms with Gasteiger partial charge in [-0.2, -0.15) is 0 Å². The second kappa shape index (κ2) is 15.4. The molecule has 9 aromatic carbocycles. The minimum absolute atomic E-state index is 0.462. The lowest BCUT2D eigenvalue weighted by Crippen LogP contribution is -2.08. The number of allylic oxidation sites excluding steroid dienone is 1. The van der Waals surface area contributed by atoms with Crippen LogP contribution in [0.5, 0.6) is 0 Å². The van der Waals surface area contributed by atoms with E-state index in [0.29, 0.717) is 11.4 Å². The number of nitrogen functional groups attached to an aromatic ring is 1. The Balaban J connectivity index is 0.000000196. The molecule has 5 heteroatoms. The van der Waals surface area contributed by atoms with E-state index in [-0.39, 0.29) is 0 Å². The number of aryl methyl sites for hydroxylation is 1. The predicted octanol–water partition coefficient (Wildman–Crippen LogP) is 14.9. The third kappa shape index (κ3) is 6.27. The number of rotatable bonds is 5. The fourth-order valence-electron chi connectivity index (χ4n) is 10.3. The van der Waals surface area contributed by atoms with Crippen molar-refractivity contribution in [2.45, 2.75) is 19.8 Å². The number of para-hydroxylation sites is 4. The lowest BCUT2D eigenvalue weighted by molar-refractivity contribution is 0.873. The number of aromatic nitrogens is 3. The van der Waals surface area contributed by atoms with Gasteiger partial charge in [0.15, 0.2) is 0 Å². The molecule has 1 aliphatic carbocycles. The molecule has 3 heterocycles. The molecule has 65 heavy (non-hydrogen) atoms. The third-order valence-electron chi connectivity index (χ3n) is 13.3. The van der Waals surface area contributed by atoms with Crippen molar-refractivity contribution in [3.8, 4) is 11.4 Å². The van der Waals surface area contributed by atoms with Gasteiger partial charge in [-0.15, -0.1) is 0 Å². The van der Waals surface area contributed by atoms with Gasteiger partial charge in [0.05, 0.1) is 33.3 Å². The molecule has 13 rings (SSSR count). The van der Waals surface area contributed by atoms with E-state index in [9.17, 15) is 0 Å². The molecule has 0 fully saturated rings. The van der Waals surface area contributed by atoms with E-state index in [4.69, 9.17) is 11.1 Å². The number of nitrogens with two attached hydrogens (primary N) is 1. The number of nitrogens with one attached hydrogen (secondary N) is 1.